The lowest BCUT2D eigenvalue weighted by Crippen LogP contribution is -2.14. The molecular weight excluding hydrogens is 408 g/mol. The molecule has 4 rings (SSSR count). The molecule has 0 spiro atoms. The normalized spacial score (nSPS) is 11.6. The predicted octanol–water partition coefficient (Wildman–Crippen LogP) is 4.26. The summed E-state index contributed by atoms with van der Waals surface area (Å²) in [6, 6.07) is 21.8. The van der Waals surface area contributed by atoms with Crippen LogP contribution in [0.5, 0.6) is 0 Å². The Bertz CT molecular complexity index is 1260. The lowest BCUT2D eigenvalue weighted by Gasteiger charge is -2.06. The number of benzene rings is 3. The van der Waals surface area contributed by atoms with E-state index in [-0.39, 0.29) is 11.5 Å². The highest BCUT2D eigenvalue weighted by atomic mass is 32.2. The number of aryl methyl sites for hydroxylation is 1. The molecule has 0 saturated heterocycles. The molecule has 0 aliphatic rings. The molecule has 31 heavy (non-hydrogen) atoms. The number of nitrogens with zero attached hydrogens (tertiary/aromatic N) is 4. The molecule has 0 aliphatic heterocycles. The van der Waals surface area contributed by atoms with Crippen molar-refractivity contribution in [2.24, 2.45) is 5.10 Å². The standard InChI is InChI=1S/C23H22N6OS/c1-15-7-9-18(10-8-15)21(30)14-31-23-28-27-22(29(23)24)26-25-16(2)19-12-11-17-5-3-4-6-20(17)13-19/h3-13H,14,24H2,1-2H3,(H,26,27)/b25-16+. The lowest BCUT2D eigenvalue weighted by molar-refractivity contribution is 0.102. The van der Waals surface area contributed by atoms with Crippen LogP contribution in [0.15, 0.2) is 77.0 Å². The van der Waals surface area contributed by atoms with E-state index in [2.05, 4.69) is 45.0 Å². The smallest absolute Gasteiger partial charge is 0.264 e. The number of nitrogen functional groups attached to an aromatic ring is 1. The van der Waals surface area contributed by atoms with E-state index >= 15 is 0 Å². The van der Waals surface area contributed by atoms with Crippen LogP contribution in [0.2, 0.25) is 0 Å². The van der Waals surface area contributed by atoms with Gasteiger partial charge in [0.15, 0.2) is 5.78 Å². The number of fused-ring (bicyclic) bond motifs is 1. The third kappa shape index (κ3) is 4.75. The van der Waals surface area contributed by atoms with Crippen LogP contribution in [-0.2, 0) is 0 Å². The second-order valence-electron chi connectivity index (χ2n) is 7.13. The van der Waals surface area contributed by atoms with Crippen molar-refractivity contribution < 1.29 is 4.79 Å². The zero-order valence-electron chi connectivity index (χ0n) is 17.2. The number of Topliss-reactive ketones (excluding diaryl/α,β-unsaturated/α-hetero) is 1. The Balaban J connectivity index is 1.41. The largest absolute Gasteiger partial charge is 0.334 e. The van der Waals surface area contributed by atoms with Crippen molar-refractivity contribution >= 4 is 40.0 Å². The number of carbonyl (C=O) groups is 1. The second kappa shape index (κ2) is 9.01. The van der Waals surface area contributed by atoms with Gasteiger partial charge in [0.1, 0.15) is 0 Å². The van der Waals surface area contributed by atoms with E-state index in [9.17, 15) is 4.79 Å². The molecule has 0 bridgehead atoms. The third-order valence-corrected chi connectivity index (χ3v) is 5.80. The first-order valence-corrected chi connectivity index (χ1v) is 10.7. The number of thioether (sulfide) groups is 1. The Morgan fingerprint density at radius 2 is 1.74 bits per heavy atom. The fourth-order valence-corrected chi connectivity index (χ4v) is 3.77. The third-order valence-electron chi connectivity index (χ3n) is 4.86. The Morgan fingerprint density at radius 1 is 1.03 bits per heavy atom. The van der Waals surface area contributed by atoms with Gasteiger partial charge in [-0.3, -0.25) is 4.79 Å². The van der Waals surface area contributed by atoms with Crippen LogP contribution in [0.3, 0.4) is 0 Å². The number of anilines is 1. The van der Waals surface area contributed by atoms with Crippen molar-refractivity contribution in [1.82, 2.24) is 14.9 Å². The molecule has 0 amide bonds. The summed E-state index contributed by atoms with van der Waals surface area (Å²) in [7, 11) is 0. The van der Waals surface area contributed by atoms with Crippen LogP contribution >= 0.6 is 11.8 Å². The molecule has 7 nitrogen and oxygen atoms in total. The van der Waals surface area contributed by atoms with E-state index in [0.29, 0.717) is 16.7 Å². The van der Waals surface area contributed by atoms with Crippen LogP contribution in [0.25, 0.3) is 10.8 Å². The van der Waals surface area contributed by atoms with Gasteiger partial charge in [-0.05, 0) is 36.2 Å². The summed E-state index contributed by atoms with van der Waals surface area (Å²) in [5, 5.41) is 15.2. The van der Waals surface area contributed by atoms with Gasteiger partial charge in [0.05, 0.1) is 11.5 Å². The van der Waals surface area contributed by atoms with E-state index in [1.165, 1.54) is 21.8 Å². The number of rotatable bonds is 7. The first kappa shape index (κ1) is 20.6. The van der Waals surface area contributed by atoms with Crippen LogP contribution in [0.1, 0.15) is 28.4 Å². The summed E-state index contributed by atoms with van der Waals surface area (Å²) in [5.41, 5.74) is 6.42. The summed E-state index contributed by atoms with van der Waals surface area (Å²) in [6.07, 6.45) is 0. The number of ketones is 1. The zero-order valence-corrected chi connectivity index (χ0v) is 18.1. The number of nitrogens with one attached hydrogen (secondary N) is 1. The molecule has 156 valence electrons. The van der Waals surface area contributed by atoms with Gasteiger partial charge in [0.25, 0.3) is 5.95 Å². The topological polar surface area (TPSA) is 98.2 Å². The van der Waals surface area contributed by atoms with E-state index < -0.39 is 0 Å². The van der Waals surface area contributed by atoms with Gasteiger partial charge in [0.2, 0.25) is 5.16 Å². The monoisotopic (exact) mass is 430 g/mol. The minimum atomic E-state index is 0.00711. The predicted molar refractivity (Wildman–Crippen MR) is 126 cm³/mol. The Hall–Kier alpha value is -3.65. The highest BCUT2D eigenvalue weighted by Crippen LogP contribution is 2.19. The van der Waals surface area contributed by atoms with Crippen LogP contribution in [0, 0.1) is 6.92 Å². The maximum Gasteiger partial charge on any atom is 0.264 e. The number of hydrogen-bond donors (Lipinski definition) is 2. The van der Waals surface area contributed by atoms with Crippen molar-refractivity contribution in [1.29, 1.82) is 0 Å². The van der Waals surface area contributed by atoms with Gasteiger partial charge in [-0.25, -0.2) is 10.1 Å². The molecule has 3 aromatic carbocycles. The van der Waals surface area contributed by atoms with E-state index in [0.717, 1.165) is 22.2 Å². The SMILES string of the molecule is C/C(=N\Nc1nnc(SCC(=O)c2ccc(C)cc2)n1N)c1ccc2ccccc2c1. The highest BCUT2D eigenvalue weighted by Gasteiger charge is 2.13. The molecular formula is C23H22N6OS. The van der Waals surface area contributed by atoms with E-state index in [1.54, 1.807) is 0 Å². The fraction of sp³-hybridized carbons (Fsp3) is 0.130. The average molecular weight is 431 g/mol. The van der Waals surface area contributed by atoms with E-state index in [4.69, 9.17) is 5.84 Å². The fourth-order valence-electron chi connectivity index (χ4n) is 3.02. The van der Waals surface area contributed by atoms with Crippen LogP contribution in [0.4, 0.5) is 5.95 Å². The van der Waals surface area contributed by atoms with Gasteiger partial charge in [-0.1, -0.05) is 78.0 Å². The van der Waals surface area contributed by atoms with Gasteiger partial charge in [-0.2, -0.15) is 5.10 Å². The van der Waals surface area contributed by atoms with Gasteiger partial charge in [-0.15, -0.1) is 10.2 Å². The quantitative estimate of drug-likeness (QED) is 0.149. The first-order chi connectivity index (χ1) is 15.0. The molecule has 1 aromatic heterocycles. The maximum atomic E-state index is 12.4. The minimum Gasteiger partial charge on any atom is -0.334 e. The maximum absolute atomic E-state index is 12.4. The molecule has 0 saturated carbocycles. The minimum absolute atomic E-state index is 0.00711. The molecule has 4 aromatic rings. The Morgan fingerprint density at radius 3 is 2.52 bits per heavy atom. The van der Waals surface area contributed by atoms with Gasteiger partial charge in [0, 0.05) is 5.56 Å². The summed E-state index contributed by atoms with van der Waals surface area (Å²) in [6.45, 7) is 3.89. The molecule has 0 fully saturated rings. The Kier molecular flexibility index (Phi) is 5.99. The van der Waals surface area contributed by atoms with Crippen molar-refractivity contribution in [3.8, 4) is 0 Å². The van der Waals surface area contributed by atoms with Crippen LogP contribution in [-0.4, -0.2) is 32.1 Å². The molecule has 0 atom stereocenters. The number of hydrogen-bond acceptors (Lipinski definition) is 7. The molecule has 1 heterocycles. The van der Waals surface area contributed by atoms with Crippen molar-refractivity contribution in [2.45, 2.75) is 19.0 Å². The number of aromatic nitrogens is 3. The molecule has 0 aliphatic carbocycles. The second-order valence-corrected chi connectivity index (χ2v) is 8.07. The number of carbonyl (C=O) groups excluding carboxylic acids is 1. The summed E-state index contributed by atoms with van der Waals surface area (Å²) < 4.78 is 1.30. The zero-order chi connectivity index (χ0) is 21.8. The Labute approximate surface area is 184 Å². The average Bonchev–Trinajstić information content (AvgIpc) is 3.15. The molecule has 0 radical (unpaired) electrons. The highest BCUT2D eigenvalue weighted by molar-refractivity contribution is 7.99. The first-order valence-electron chi connectivity index (χ1n) is 9.74. The van der Waals surface area contributed by atoms with Crippen molar-refractivity contribution in [3.63, 3.8) is 0 Å². The van der Waals surface area contributed by atoms with E-state index in [1.807, 2.05) is 56.3 Å². The number of nitrogens with two attached hydrogens (primary N) is 1. The van der Waals surface area contributed by atoms with Crippen molar-refractivity contribution in [2.75, 3.05) is 17.0 Å². The summed E-state index contributed by atoms with van der Waals surface area (Å²) in [4.78, 5) is 12.4. The number of hydrazone groups is 1. The molecule has 8 heteroatoms. The van der Waals surface area contributed by atoms with Crippen LogP contribution < -0.4 is 11.3 Å². The molecule has 3 N–H and O–H groups in total. The summed E-state index contributed by atoms with van der Waals surface area (Å²) >= 11 is 1.23. The van der Waals surface area contributed by atoms with Gasteiger partial charge < -0.3 is 5.84 Å². The molecule has 0 unspecified atom stereocenters. The summed E-state index contributed by atoms with van der Waals surface area (Å²) in [5.74, 6) is 6.60. The van der Waals surface area contributed by atoms with Crippen molar-refractivity contribution in [3.05, 3.63) is 83.4 Å². The van der Waals surface area contributed by atoms with Gasteiger partial charge >= 0.3 is 0 Å². The lowest BCUT2D eigenvalue weighted by atomic mass is 10.0.